The summed E-state index contributed by atoms with van der Waals surface area (Å²) in [6, 6.07) is 5.05. The predicted octanol–water partition coefficient (Wildman–Crippen LogP) is 3.80. The van der Waals surface area contributed by atoms with Gasteiger partial charge < -0.3 is 10.1 Å². The molecule has 1 saturated heterocycles. The van der Waals surface area contributed by atoms with Crippen LogP contribution >= 0.6 is 0 Å². The Balaban J connectivity index is 2.38. The number of nitrogens with one attached hydrogen (secondary N) is 1. The third-order valence-corrected chi connectivity index (χ3v) is 3.97. The summed E-state index contributed by atoms with van der Waals surface area (Å²) < 4.78 is 5.51. The number of methoxy groups -OCH3 is 1. The number of aryl methyl sites for hydroxylation is 1. The van der Waals surface area contributed by atoms with Crippen molar-refractivity contribution in [2.45, 2.75) is 46.1 Å². The molecular formula is C16H25NO. The first kappa shape index (κ1) is 13.4. The molecule has 1 aliphatic rings. The zero-order valence-electron chi connectivity index (χ0n) is 12.2. The van der Waals surface area contributed by atoms with Gasteiger partial charge in [-0.15, -0.1) is 0 Å². The Morgan fingerprint density at radius 1 is 1.33 bits per heavy atom. The van der Waals surface area contributed by atoms with E-state index in [1.807, 2.05) is 0 Å². The molecule has 0 amide bonds. The maximum atomic E-state index is 5.51. The normalized spacial score (nSPS) is 23.7. The van der Waals surface area contributed by atoms with Crippen molar-refractivity contribution < 1.29 is 4.74 Å². The lowest BCUT2D eigenvalue weighted by Gasteiger charge is -2.20. The van der Waals surface area contributed by atoms with Gasteiger partial charge in [-0.05, 0) is 54.5 Å². The second-order valence-electron chi connectivity index (χ2n) is 5.91. The molecule has 2 rings (SSSR count). The highest BCUT2D eigenvalue weighted by molar-refractivity contribution is 5.45. The van der Waals surface area contributed by atoms with Crippen LogP contribution in [0.1, 0.15) is 55.8 Å². The molecule has 1 aromatic rings. The van der Waals surface area contributed by atoms with Crippen molar-refractivity contribution in [2.24, 2.45) is 5.92 Å². The van der Waals surface area contributed by atoms with Gasteiger partial charge in [-0.3, -0.25) is 0 Å². The molecular weight excluding hydrogens is 222 g/mol. The second-order valence-corrected chi connectivity index (χ2v) is 5.91. The van der Waals surface area contributed by atoms with Gasteiger partial charge in [-0.1, -0.05) is 26.8 Å². The summed E-state index contributed by atoms with van der Waals surface area (Å²) in [5.74, 6) is 2.30. The molecule has 0 aliphatic carbocycles. The van der Waals surface area contributed by atoms with E-state index in [9.17, 15) is 0 Å². The van der Waals surface area contributed by atoms with Gasteiger partial charge in [0.15, 0.2) is 0 Å². The van der Waals surface area contributed by atoms with Gasteiger partial charge in [0.2, 0.25) is 0 Å². The van der Waals surface area contributed by atoms with Crippen LogP contribution in [-0.4, -0.2) is 13.7 Å². The standard InChI is InChI=1S/C16H25NO/c1-10(2)13-8-14(12(4)7-16(13)18-5)15-6-11(3)9-17-15/h7-8,10-11,15,17H,6,9H2,1-5H3. The Kier molecular flexibility index (Phi) is 3.96. The van der Waals surface area contributed by atoms with Crippen LogP contribution in [0.2, 0.25) is 0 Å². The van der Waals surface area contributed by atoms with Crippen LogP contribution in [0.25, 0.3) is 0 Å². The molecule has 1 fully saturated rings. The molecule has 100 valence electrons. The highest BCUT2D eigenvalue weighted by Crippen LogP contribution is 2.35. The molecule has 2 atom stereocenters. The number of hydrogen-bond donors (Lipinski definition) is 1. The zero-order chi connectivity index (χ0) is 13.3. The van der Waals surface area contributed by atoms with Crippen LogP contribution in [0.5, 0.6) is 5.75 Å². The Bertz CT molecular complexity index is 425. The molecule has 0 saturated carbocycles. The smallest absolute Gasteiger partial charge is 0.122 e. The van der Waals surface area contributed by atoms with Crippen molar-refractivity contribution in [3.05, 3.63) is 28.8 Å². The molecule has 0 spiro atoms. The van der Waals surface area contributed by atoms with E-state index in [1.54, 1.807) is 7.11 Å². The fourth-order valence-electron chi connectivity index (χ4n) is 2.87. The first-order chi connectivity index (χ1) is 8.52. The molecule has 2 heteroatoms. The van der Waals surface area contributed by atoms with Gasteiger partial charge in [0.1, 0.15) is 5.75 Å². The molecule has 2 unspecified atom stereocenters. The van der Waals surface area contributed by atoms with E-state index >= 15 is 0 Å². The maximum absolute atomic E-state index is 5.51. The van der Waals surface area contributed by atoms with Crippen molar-refractivity contribution in [3.8, 4) is 5.75 Å². The lowest BCUT2D eigenvalue weighted by Crippen LogP contribution is -2.15. The van der Waals surface area contributed by atoms with Gasteiger partial charge in [0, 0.05) is 6.04 Å². The van der Waals surface area contributed by atoms with Crippen molar-refractivity contribution >= 4 is 0 Å². The van der Waals surface area contributed by atoms with Gasteiger partial charge in [-0.2, -0.15) is 0 Å². The summed E-state index contributed by atoms with van der Waals surface area (Å²) in [7, 11) is 1.76. The fourth-order valence-corrected chi connectivity index (χ4v) is 2.87. The Hall–Kier alpha value is -1.02. The molecule has 1 aliphatic heterocycles. The van der Waals surface area contributed by atoms with E-state index in [2.05, 4.69) is 45.1 Å². The lowest BCUT2D eigenvalue weighted by atomic mass is 9.91. The van der Waals surface area contributed by atoms with Crippen molar-refractivity contribution in [1.29, 1.82) is 0 Å². The minimum Gasteiger partial charge on any atom is -0.496 e. The number of rotatable bonds is 3. The van der Waals surface area contributed by atoms with Crippen molar-refractivity contribution in [3.63, 3.8) is 0 Å². The second kappa shape index (κ2) is 5.31. The highest BCUT2D eigenvalue weighted by atomic mass is 16.5. The molecule has 0 aromatic heterocycles. The molecule has 2 nitrogen and oxygen atoms in total. The topological polar surface area (TPSA) is 21.3 Å². The Labute approximate surface area is 111 Å². The van der Waals surface area contributed by atoms with Gasteiger partial charge in [0.25, 0.3) is 0 Å². The van der Waals surface area contributed by atoms with Crippen LogP contribution in [0.3, 0.4) is 0 Å². The van der Waals surface area contributed by atoms with Crippen molar-refractivity contribution in [2.75, 3.05) is 13.7 Å². The van der Waals surface area contributed by atoms with Crippen LogP contribution < -0.4 is 10.1 Å². The maximum Gasteiger partial charge on any atom is 0.122 e. The van der Waals surface area contributed by atoms with E-state index in [0.717, 1.165) is 18.2 Å². The van der Waals surface area contributed by atoms with Crippen molar-refractivity contribution in [1.82, 2.24) is 5.32 Å². The van der Waals surface area contributed by atoms with E-state index in [0.29, 0.717) is 12.0 Å². The fraction of sp³-hybridized carbons (Fsp3) is 0.625. The first-order valence-corrected chi connectivity index (χ1v) is 6.94. The van der Waals surface area contributed by atoms with Crippen LogP contribution in [-0.2, 0) is 0 Å². The van der Waals surface area contributed by atoms with Crippen LogP contribution in [0.15, 0.2) is 12.1 Å². The summed E-state index contributed by atoms with van der Waals surface area (Å²) in [5, 5.41) is 3.63. The van der Waals surface area contributed by atoms with E-state index in [-0.39, 0.29) is 0 Å². The minimum atomic E-state index is 0.498. The minimum absolute atomic E-state index is 0.498. The van der Waals surface area contributed by atoms with E-state index in [1.165, 1.54) is 23.1 Å². The molecule has 1 N–H and O–H groups in total. The highest BCUT2D eigenvalue weighted by Gasteiger charge is 2.24. The van der Waals surface area contributed by atoms with Gasteiger partial charge >= 0.3 is 0 Å². The Morgan fingerprint density at radius 2 is 2.06 bits per heavy atom. The van der Waals surface area contributed by atoms with Crippen LogP contribution in [0, 0.1) is 12.8 Å². The molecule has 1 aromatic carbocycles. The summed E-state index contributed by atoms with van der Waals surface area (Å²) in [6.45, 7) is 10.1. The molecule has 0 bridgehead atoms. The summed E-state index contributed by atoms with van der Waals surface area (Å²) >= 11 is 0. The van der Waals surface area contributed by atoms with E-state index < -0.39 is 0 Å². The average molecular weight is 247 g/mol. The van der Waals surface area contributed by atoms with Gasteiger partial charge in [0.05, 0.1) is 7.11 Å². The summed E-state index contributed by atoms with van der Waals surface area (Å²) in [5.41, 5.74) is 4.10. The largest absolute Gasteiger partial charge is 0.496 e. The van der Waals surface area contributed by atoms with E-state index in [4.69, 9.17) is 4.74 Å². The molecule has 1 heterocycles. The third kappa shape index (κ3) is 2.54. The summed E-state index contributed by atoms with van der Waals surface area (Å²) in [6.07, 6.45) is 1.24. The number of hydrogen-bond acceptors (Lipinski definition) is 2. The predicted molar refractivity (Wildman–Crippen MR) is 76.3 cm³/mol. The van der Waals surface area contributed by atoms with Crippen LogP contribution in [0.4, 0.5) is 0 Å². The quantitative estimate of drug-likeness (QED) is 0.877. The molecule has 0 radical (unpaired) electrons. The SMILES string of the molecule is COc1cc(C)c(C2CC(C)CN2)cc1C(C)C. The Morgan fingerprint density at radius 3 is 2.56 bits per heavy atom. The monoisotopic (exact) mass is 247 g/mol. The average Bonchev–Trinajstić information content (AvgIpc) is 2.74. The third-order valence-electron chi connectivity index (χ3n) is 3.97. The zero-order valence-corrected chi connectivity index (χ0v) is 12.2. The summed E-state index contributed by atoms with van der Waals surface area (Å²) in [4.78, 5) is 0. The number of ether oxygens (including phenoxy) is 1. The van der Waals surface area contributed by atoms with Gasteiger partial charge in [-0.25, -0.2) is 0 Å². The number of benzene rings is 1. The first-order valence-electron chi connectivity index (χ1n) is 6.94. The lowest BCUT2D eigenvalue weighted by molar-refractivity contribution is 0.406. The molecule has 18 heavy (non-hydrogen) atoms.